The number of rotatable bonds is 6. The van der Waals surface area contributed by atoms with Crippen molar-refractivity contribution in [1.82, 2.24) is 9.66 Å². The highest BCUT2D eigenvalue weighted by molar-refractivity contribution is 9.10. The second-order valence-corrected chi connectivity index (χ2v) is 8.86. The van der Waals surface area contributed by atoms with Crippen LogP contribution in [0.5, 0.6) is 11.5 Å². The van der Waals surface area contributed by atoms with E-state index in [9.17, 15) is 9.18 Å². The van der Waals surface area contributed by atoms with Gasteiger partial charge in [0.25, 0.3) is 5.56 Å². The zero-order valence-corrected chi connectivity index (χ0v) is 20.9. The highest BCUT2D eigenvalue weighted by atomic mass is 79.9. The second kappa shape index (κ2) is 9.84. The minimum atomic E-state index is -0.337. The van der Waals surface area contributed by atoms with Crippen LogP contribution in [0.25, 0.3) is 10.9 Å². The standard InChI is InChI=1S/C24H18Br2FN3O3/c1-14-29-21-8-7-17(25)10-18(21)24(31)30(14)28-12-16-9-22(32-2)23(11-19(16)26)33-13-15-5-3-4-6-20(15)27/h3-12H,13H2,1-2H3. The van der Waals surface area contributed by atoms with Crippen molar-refractivity contribution < 1.29 is 13.9 Å². The van der Waals surface area contributed by atoms with Crippen molar-refractivity contribution in [2.75, 3.05) is 7.11 Å². The summed E-state index contributed by atoms with van der Waals surface area (Å²) in [4.78, 5) is 17.4. The van der Waals surface area contributed by atoms with Crippen LogP contribution in [0.15, 0.2) is 73.4 Å². The maximum absolute atomic E-state index is 13.9. The van der Waals surface area contributed by atoms with Crippen molar-refractivity contribution >= 4 is 49.0 Å². The van der Waals surface area contributed by atoms with Crippen molar-refractivity contribution in [3.05, 3.63) is 96.7 Å². The maximum Gasteiger partial charge on any atom is 0.282 e. The topological polar surface area (TPSA) is 65.7 Å². The fourth-order valence-corrected chi connectivity index (χ4v) is 3.99. The molecule has 1 heterocycles. The van der Waals surface area contributed by atoms with Gasteiger partial charge >= 0.3 is 0 Å². The summed E-state index contributed by atoms with van der Waals surface area (Å²) in [6.45, 7) is 1.77. The molecule has 0 spiro atoms. The Morgan fingerprint density at radius 2 is 1.91 bits per heavy atom. The molecular formula is C24H18Br2FN3O3. The predicted octanol–water partition coefficient (Wildman–Crippen LogP) is 5.84. The predicted molar refractivity (Wildman–Crippen MR) is 133 cm³/mol. The van der Waals surface area contributed by atoms with Gasteiger partial charge in [-0.2, -0.15) is 9.78 Å². The van der Waals surface area contributed by atoms with Crippen LogP contribution in [0.2, 0.25) is 0 Å². The van der Waals surface area contributed by atoms with Crippen LogP contribution in [-0.2, 0) is 6.61 Å². The first-order chi connectivity index (χ1) is 15.9. The molecule has 0 aliphatic rings. The number of aryl methyl sites for hydroxylation is 1. The van der Waals surface area contributed by atoms with Gasteiger partial charge in [-0.15, -0.1) is 0 Å². The molecule has 0 N–H and O–H groups in total. The van der Waals surface area contributed by atoms with Gasteiger partial charge in [0.1, 0.15) is 18.2 Å². The zero-order chi connectivity index (χ0) is 23.5. The van der Waals surface area contributed by atoms with Gasteiger partial charge in [-0.1, -0.05) is 34.1 Å². The number of hydrogen-bond donors (Lipinski definition) is 0. The zero-order valence-electron chi connectivity index (χ0n) is 17.7. The van der Waals surface area contributed by atoms with Crippen molar-refractivity contribution in [1.29, 1.82) is 0 Å². The first kappa shape index (κ1) is 23.1. The third-order valence-corrected chi connectivity index (χ3v) is 6.09. The minimum Gasteiger partial charge on any atom is -0.493 e. The van der Waals surface area contributed by atoms with Gasteiger partial charge in [0, 0.05) is 20.1 Å². The Bertz CT molecular complexity index is 1440. The normalized spacial score (nSPS) is 11.3. The fraction of sp³-hybridized carbons (Fsp3) is 0.125. The van der Waals surface area contributed by atoms with E-state index in [0.717, 1.165) is 4.47 Å². The smallest absolute Gasteiger partial charge is 0.282 e. The van der Waals surface area contributed by atoms with E-state index in [1.165, 1.54) is 24.1 Å². The third kappa shape index (κ3) is 4.99. The van der Waals surface area contributed by atoms with E-state index in [4.69, 9.17) is 9.47 Å². The van der Waals surface area contributed by atoms with Gasteiger partial charge in [0.2, 0.25) is 0 Å². The molecule has 0 aliphatic carbocycles. The van der Waals surface area contributed by atoms with E-state index in [1.807, 2.05) is 6.07 Å². The lowest BCUT2D eigenvalue weighted by Crippen LogP contribution is -2.20. The molecule has 4 rings (SSSR count). The summed E-state index contributed by atoms with van der Waals surface area (Å²) < 4.78 is 27.8. The van der Waals surface area contributed by atoms with Crippen LogP contribution >= 0.6 is 31.9 Å². The highest BCUT2D eigenvalue weighted by Crippen LogP contribution is 2.33. The van der Waals surface area contributed by atoms with Gasteiger partial charge in [0.15, 0.2) is 11.5 Å². The van der Waals surface area contributed by atoms with E-state index in [0.29, 0.717) is 43.8 Å². The molecule has 0 amide bonds. The number of ether oxygens (including phenoxy) is 2. The highest BCUT2D eigenvalue weighted by Gasteiger charge is 2.12. The SMILES string of the molecule is COc1cc(C=Nn2c(C)nc3ccc(Br)cc3c2=O)c(Br)cc1OCc1ccccc1F. The molecule has 0 saturated heterocycles. The van der Waals surface area contributed by atoms with Crippen LogP contribution < -0.4 is 15.0 Å². The number of methoxy groups -OCH3 is 1. The molecule has 0 atom stereocenters. The monoisotopic (exact) mass is 573 g/mol. The largest absolute Gasteiger partial charge is 0.493 e. The molecule has 0 radical (unpaired) electrons. The molecular weight excluding hydrogens is 557 g/mol. The molecule has 4 aromatic rings. The van der Waals surface area contributed by atoms with E-state index >= 15 is 0 Å². The van der Waals surface area contributed by atoms with Crippen LogP contribution in [0.4, 0.5) is 4.39 Å². The molecule has 0 saturated carbocycles. The van der Waals surface area contributed by atoms with Gasteiger partial charge in [-0.3, -0.25) is 4.79 Å². The Balaban J connectivity index is 1.65. The van der Waals surface area contributed by atoms with Crippen molar-refractivity contribution in [2.45, 2.75) is 13.5 Å². The number of aromatic nitrogens is 2. The van der Waals surface area contributed by atoms with Gasteiger partial charge < -0.3 is 9.47 Å². The average Bonchev–Trinajstić information content (AvgIpc) is 2.80. The Hall–Kier alpha value is -3.04. The molecule has 0 unspecified atom stereocenters. The molecule has 9 heteroatoms. The molecule has 0 bridgehead atoms. The van der Waals surface area contributed by atoms with Crippen LogP contribution in [0, 0.1) is 12.7 Å². The molecule has 168 valence electrons. The molecule has 0 fully saturated rings. The van der Waals surface area contributed by atoms with Gasteiger partial charge in [-0.25, -0.2) is 9.37 Å². The van der Waals surface area contributed by atoms with E-state index in [-0.39, 0.29) is 18.0 Å². The summed E-state index contributed by atoms with van der Waals surface area (Å²) in [6, 6.07) is 15.2. The summed E-state index contributed by atoms with van der Waals surface area (Å²) in [5.74, 6) is 1.01. The Kier molecular flexibility index (Phi) is 6.90. The van der Waals surface area contributed by atoms with Crippen molar-refractivity contribution in [3.8, 4) is 11.5 Å². The van der Waals surface area contributed by atoms with Crippen molar-refractivity contribution in [2.24, 2.45) is 5.10 Å². The molecule has 33 heavy (non-hydrogen) atoms. The number of fused-ring (bicyclic) bond motifs is 1. The molecule has 6 nitrogen and oxygen atoms in total. The number of benzene rings is 3. The Labute approximate surface area is 205 Å². The number of nitrogens with zero attached hydrogens (tertiary/aromatic N) is 3. The number of hydrogen-bond acceptors (Lipinski definition) is 5. The lowest BCUT2D eigenvalue weighted by molar-refractivity contribution is 0.279. The first-order valence-electron chi connectivity index (χ1n) is 9.84. The molecule has 1 aromatic heterocycles. The van der Waals surface area contributed by atoms with Crippen molar-refractivity contribution in [3.63, 3.8) is 0 Å². The Morgan fingerprint density at radius 3 is 2.67 bits per heavy atom. The summed E-state index contributed by atoms with van der Waals surface area (Å²) >= 11 is 6.88. The lowest BCUT2D eigenvalue weighted by atomic mass is 10.2. The van der Waals surface area contributed by atoms with Crippen LogP contribution in [0.1, 0.15) is 17.0 Å². The first-order valence-corrected chi connectivity index (χ1v) is 11.4. The van der Waals surface area contributed by atoms with E-state index in [2.05, 4.69) is 41.9 Å². The maximum atomic E-state index is 13.9. The molecule has 0 aliphatic heterocycles. The van der Waals surface area contributed by atoms with Crippen LogP contribution in [0.3, 0.4) is 0 Å². The van der Waals surface area contributed by atoms with Gasteiger partial charge in [-0.05, 0) is 59.3 Å². The quantitative estimate of drug-likeness (QED) is 0.271. The summed E-state index contributed by atoms with van der Waals surface area (Å²) in [5.41, 5.74) is 1.42. The van der Waals surface area contributed by atoms with E-state index in [1.54, 1.807) is 49.4 Å². The molecule has 3 aromatic carbocycles. The fourth-order valence-electron chi connectivity index (χ4n) is 3.21. The minimum absolute atomic E-state index is 0.0514. The van der Waals surface area contributed by atoms with Crippen LogP contribution in [-0.4, -0.2) is 23.0 Å². The van der Waals surface area contributed by atoms with E-state index < -0.39 is 0 Å². The Morgan fingerprint density at radius 1 is 1.12 bits per heavy atom. The second-order valence-electron chi connectivity index (χ2n) is 7.09. The summed E-state index contributed by atoms with van der Waals surface area (Å²) in [6.07, 6.45) is 1.53. The summed E-state index contributed by atoms with van der Waals surface area (Å²) in [7, 11) is 1.51. The summed E-state index contributed by atoms with van der Waals surface area (Å²) in [5, 5.41) is 4.81. The third-order valence-electron chi connectivity index (χ3n) is 4.91. The lowest BCUT2D eigenvalue weighted by Gasteiger charge is -2.13. The van der Waals surface area contributed by atoms with Gasteiger partial charge in [0.05, 0.1) is 24.2 Å². The number of halogens is 3. The average molecular weight is 575 g/mol.